The van der Waals surface area contributed by atoms with E-state index in [9.17, 15) is 9.59 Å². The van der Waals surface area contributed by atoms with Crippen LogP contribution in [0.3, 0.4) is 0 Å². The van der Waals surface area contributed by atoms with Crippen molar-refractivity contribution >= 4 is 29.0 Å². The van der Waals surface area contributed by atoms with Crippen molar-refractivity contribution < 1.29 is 14.7 Å². The highest BCUT2D eigenvalue weighted by Crippen LogP contribution is 2.41. The van der Waals surface area contributed by atoms with Gasteiger partial charge in [-0.3, -0.25) is 9.59 Å². The summed E-state index contributed by atoms with van der Waals surface area (Å²) in [5.74, 6) is -0.927. The SMILES string of the molecule is Cc1nn(CC(=O)O)c2c1C(c1nc(-c3ccccc3)cs1)CC(=O)N2. The summed E-state index contributed by atoms with van der Waals surface area (Å²) in [5.41, 5.74) is 3.45. The van der Waals surface area contributed by atoms with Crippen molar-refractivity contribution in [1.82, 2.24) is 14.8 Å². The Morgan fingerprint density at radius 2 is 2.15 bits per heavy atom. The fraction of sp³-hybridized carbons (Fsp3) is 0.222. The van der Waals surface area contributed by atoms with Gasteiger partial charge in [0.25, 0.3) is 0 Å². The second kappa shape index (κ2) is 6.38. The molecule has 8 heteroatoms. The summed E-state index contributed by atoms with van der Waals surface area (Å²) in [6, 6.07) is 9.86. The van der Waals surface area contributed by atoms with Crippen LogP contribution in [0.1, 0.15) is 28.6 Å². The average molecular weight is 368 g/mol. The third-order valence-corrected chi connectivity index (χ3v) is 5.30. The first kappa shape index (κ1) is 16.5. The predicted octanol–water partition coefficient (Wildman–Crippen LogP) is 2.87. The molecule has 26 heavy (non-hydrogen) atoms. The van der Waals surface area contributed by atoms with Gasteiger partial charge >= 0.3 is 5.97 Å². The van der Waals surface area contributed by atoms with Crippen molar-refractivity contribution in [2.75, 3.05) is 5.32 Å². The van der Waals surface area contributed by atoms with Gasteiger partial charge in [0, 0.05) is 22.9 Å². The number of hydrogen-bond donors (Lipinski definition) is 2. The summed E-state index contributed by atoms with van der Waals surface area (Å²) in [6.07, 6.45) is 0.272. The van der Waals surface area contributed by atoms with Gasteiger partial charge in [-0.2, -0.15) is 5.10 Å². The number of rotatable bonds is 4. The smallest absolute Gasteiger partial charge is 0.325 e. The number of fused-ring (bicyclic) bond motifs is 1. The zero-order valence-electron chi connectivity index (χ0n) is 14.0. The quantitative estimate of drug-likeness (QED) is 0.738. The van der Waals surface area contributed by atoms with Crippen LogP contribution in [-0.4, -0.2) is 31.7 Å². The first-order chi connectivity index (χ1) is 12.5. The van der Waals surface area contributed by atoms with Crippen LogP contribution >= 0.6 is 11.3 Å². The number of thiazole rings is 1. The van der Waals surface area contributed by atoms with Crippen LogP contribution in [-0.2, 0) is 16.1 Å². The Labute approximate surface area is 153 Å². The molecule has 7 nitrogen and oxygen atoms in total. The fourth-order valence-electron chi connectivity index (χ4n) is 3.26. The molecule has 1 aromatic carbocycles. The van der Waals surface area contributed by atoms with Gasteiger partial charge in [0.1, 0.15) is 17.4 Å². The molecule has 1 unspecified atom stereocenters. The number of nitrogens with one attached hydrogen (secondary N) is 1. The highest BCUT2D eigenvalue weighted by atomic mass is 32.1. The number of nitrogens with zero attached hydrogens (tertiary/aromatic N) is 3. The van der Waals surface area contributed by atoms with Crippen molar-refractivity contribution in [3.8, 4) is 11.3 Å². The molecule has 2 N–H and O–H groups in total. The number of carbonyl (C=O) groups is 2. The van der Waals surface area contributed by atoms with Gasteiger partial charge in [-0.25, -0.2) is 9.67 Å². The van der Waals surface area contributed by atoms with Crippen LogP contribution in [0.4, 0.5) is 5.82 Å². The van der Waals surface area contributed by atoms with Crippen molar-refractivity contribution in [3.05, 3.63) is 52.0 Å². The van der Waals surface area contributed by atoms with E-state index in [1.807, 2.05) is 42.6 Å². The number of carboxylic acids is 1. The van der Waals surface area contributed by atoms with Crippen molar-refractivity contribution in [2.24, 2.45) is 0 Å². The summed E-state index contributed by atoms with van der Waals surface area (Å²) >= 11 is 1.50. The van der Waals surface area contributed by atoms with Crippen molar-refractivity contribution in [3.63, 3.8) is 0 Å². The number of hydrogen-bond acceptors (Lipinski definition) is 5. The number of aryl methyl sites for hydroxylation is 1. The van der Waals surface area contributed by atoms with Crippen LogP contribution in [0.2, 0.25) is 0 Å². The Kier molecular flexibility index (Phi) is 4.04. The molecular weight excluding hydrogens is 352 g/mol. The van der Waals surface area contributed by atoms with E-state index in [-0.39, 0.29) is 24.8 Å². The molecule has 0 radical (unpaired) electrons. The summed E-state index contributed by atoms with van der Waals surface area (Å²) in [4.78, 5) is 28.0. The number of carbonyl (C=O) groups excluding carboxylic acids is 1. The van der Waals surface area contributed by atoms with Gasteiger partial charge in [-0.1, -0.05) is 30.3 Å². The molecule has 0 aliphatic carbocycles. The highest BCUT2D eigenvalue weighted by Gasteiger charge is 2.34. The van der Waals surface area contributed by atoms with E-state index in [0.29, 0.717) is 11.5 Å². The maximum absolute atomic E-state index is 12.2. The Balaban J connectivity index is 1.75. The predicted molar refractivity (Wildman–Crippen MR) is 97.2 cm³/mol. The summed E-state index contributed by atoms with van der Waals surface area (Å²) in [6.45, 7) is 1.53. The Bertz CT molecular complexity index is 993. The van der Waals surface area contributed by atoms with E-state index in [0.717, 1.165) is 21.8 Å². The molecule has 0 saturated heterocycles. The normalized spacial score (nSPS) is 16.2. The van der Waals surface area contributed by atoms with Gasteiger partial charge in [-0.15, -0.1) is 11.3 Å². The van der Waals surface area contributed by atoms with E-state index in [1.165, 1.54) is 16.0 Å². The van der Waals surface area contributed by atoms with E-state index in [2.05, 4.69) is 10.4 Å². The minimum Gasteiger partial charge on any atom is -0.480 e. The van der Waals surface area contributed by atoms with E-state index < -0.39 is 5.97 Å². The van der Waals surface area contributed by atoms with Crippen LogP contribution in [0, 0.1) is 6.92 Å². The van der Waals surface area contributed by atoms with Gasteiger partial charge < -0.3 is 10.4 Å². The van der Waals surface area contributed by atoms with E-state index >= 15 is 0 Å². The molecule has 4 rings (SSSR count). The number of carboxylic acid groups (broad SMARTS) is 1. The zero-order valence-corrected chi connectivity index (χ0v) is 14.8. The minimum absolute atomic E-state index is 0.162. The minimum atomic E-state index is -1.01. The number of anilines is 1. The Morgan fingerprint density at radius 1 is 1.38 bits per heavy atom. The molecular formula is C18H16N4O3S. The van der Waals surface area contributed by atoms with Crippen LogP contribution in [0.25, 0.3) is 11.3 Å². The van der Waals surface area contributed by atoms with E-state index in [4.69, 9.17) is 10.1 Å². The lowest BCUT2D eigenvalue weighted by atomic mass is 9.92. The van der Waals surface area contributed by atoms with Crippen LogP contribution in [0.5, 0.6) is 0 Å². The number of aliphatic carboxylic acids is 1. The van der Waals surface area contributed by atoms with Gasteiger partial charge in [0.15, 0.2) is 0 Å². The van der Waals surface area contributed by atoms with Crippen molar-refractivity contribution in [1.29, 1.82) is 0 Å². The monoisotopic (exact) mass is 368 g/mol. The molecule has 0 bridgehead atoms. The van der Waals surface area contributed by atoms with Crippen LogP contribution in [0.15, 0.2) is 35.7 Å². The molecule has 1 atom stereocenters. The molecule has 3 aromatic rings. The highest BCUT2D eigenvalue weighted by molar-refractivity contribution is 7.10. The lowest BCUT2D eigenvalue weighted by Crippen LogP contribution is -2.26. The summed E-state index contributed by atoms with van der Waals surface area (Å²) in [7, 11) is 0. The molecule has 0 spiro atoms. The number of aromatic nitrogens is 3. The molecule has 1 aliphatic heterocycles. The molecule has 1 amide bonds. The first-order valence-corrected chi connectivity index (χ1v) is 9.00. The van der Waals surface area contributed by atoms with Crippen molar-refractivity contribution in [2.45, 2.75) is 25.8 Å². The maximum atomic E-state index is 12.2. The number of amides is 1. The Hall–Kier alpha value is -3.00. The lowest BCUT2D eigenvalue weighted by Gasteiger charge is -2.22. The zero-order chi connectivity index (χ0) is 18.3. The molecule has 0 saturated carbocycles. The summed E-state index contributed by atoms with van der Waals surface area (Å²) in [5, 5.41) is 19.0. The van der Waals surface area contributed by atoms with Gasteiger partial charge in [0.2, 0.25) is 5.91 Å². The van der Waals surface area contributed by atoms with E-state index in [1.54, 1.807) is 0 Å². The number of benzene rings is 1. The van der Waals surface area contributed by atoms with Gasteiger partial charge in [0.05, 0.1) is 17.3 Å². The standard InChI is InChI=1S/C18H16N4O3S/c1-10-16-12(7-14(23)20-17(16)22(21-10)8-15(24)25)18-19-13(9-26-18)11-5-3-2-4-6-11/h2-6,9,12H,7-8H2,1H3,(H,20,23)(H,24,25). The second-order valence-electron chi connectivity index (χ2n) is 6.14. The third kappa shape index (κ3) is 2.88. The van der Waals surface area contributed by atoms with Gasteiger partial charge in [-0.05, 0) is 6.92 Å². The topological polar surface area (TPSA) is 97.1 Å². The molecule has 1 aliphatic rings. The van der Waals surface area contributed by atoms with Crippen LogP contribution < -0.4 is 5.32 Å². The molecule has 3 heterocycles. The molecule has 2 aromatic heterocycles. The average Bonchev–Trinajstić information content (AvgIpc) is 3.21. The molecule has 0 fully saturated rings. The molecule has 132 valence electrons. The maximum Gasteiger partial charge on any atom is 0.325 e. The summed E-state index contributed by atoms with van der Waals surface area (Å²) < 4.78 is 1.34. The Morgan fingerprint density at radius 3 is 2.88 bits per heavy atom. The fourth-order valence-corrected chi connectivity index (χ4v) is 4.20. The second-order valence-corrected chi connectivity index (χ2v) is 7.03. The lowest BCUT2D eigenvalue weighted by molar-refractivity contribution is -0.137. The third-order valence-electron chi connectivity index (χ3n) is 4.34. The first-order valence-electron chi connectivity index (χ1n) is 8.12. The largest absolute Gasteiger partial charge is 0.480 e.